The van der Waals surface area contributed by atoms with Gasteiger partial charge in [0.15, 0.2) is 0 Å². The van der Waals surface area contributed by atoms with Gasteiger partial charge in [-0.15, -0.1) is 0 Å². The molecule has 2 nitrogen and oxygen atoms in total. The Kier molecular flexibility index (Phi) is 3.87. The average molecular weight is 313 g/mol. The zero-order chi connectivity index (χ0) is 16.4. The molecule has 0 amide bonds. The fourth-order valence-corrected chi connectivity index (χ4v) is 3.03. The van der Waals surface area contributed by atoms with E-state index in [9.17, 15) is 0 Å². The molecule has 0 aromatic heterocycles. The van der Waals surface area contributed by atoms with Crippen LogP contribution in [0, 0.1) is 6.92 Å². The SMILES string of the molecule is Cc1cc(C2=Nc3ccccc3C2)ccc1OCc1ccccc1. The van der Waals surface area contributed by atoms with Gasteiger partial charge in [-0.25, -0.2) is 0 Å². The Bertz CT molecular complexity index is 897. The van der Waals surface area contributed by atoms with Crippen LogP contribution in [0.25, 0.3) is 0 Å². The monoisotopic (exact) mass is 313 g/mol. The molecule has 1 aliphatic heterocycles. The number of aliphatic imine (C=N–C) groups is 1. The van der Waals surface area contributed by atoms with Crippen LogP contribution in [-0.4, -0.2) is 5.71 Å². The van der Waals surface area contributed by atoms with E-state index in [-0.39, 0.29) is 0 Å². The number of fused-ring (bicyclic) bond motifs is 1. The summed E-state index contributed by atoms with van der Waals surface area (Å²) in [6.07, 6.45) is 0.903. The fraction of sp³-hybridized carbons (Fsp3) is 0.136. The van der Waals surface area contributed by atoms with Crippen LogP contribution in [0.2, 0.25) is 0 Å². The lowest BCUT2D eigenvalue weighted by Crippen LogP contribution is -2.02. The molecule has 24 heavy (non-hydrogen) atoms. The largest absolute Gasteiger partial charge is 0.489 e. The van der Waals surface area contributed by atoms with Gasteiger partial charge in [-0.2, -0.15) is 0 Å². The third-order valence-corrected chi connectivity index (χ3v) is 4.35. The van der Waals surface area contributed by atoms with Gasteiger partial charge in [0.1, 0.15) is 12.4 Å². The normalized spacial score (nSPS) is 12.6. The molecule has 0 saturated carbocycles. The highest BCUT2D eigenvalue weighted by molar-refractivity contribution is 6.06. The first kappa shape index (κ1) is 14.7. The van der Waals surface area contributed by atoms with Crippen LogP contribution in [0.5, 0.6) is 5.75 Å². The van der Waals surface area contributed by atoms with Crippen molar-refractivity contribution in [2.75, 3.05) is 0 Å². The van der Waals surface area contributed by atoms with Crippen LogP contribution in [0.4, 0.5) is 5.69 Å². The number of aryl methyl sites for hydroxylation is 1. The van der Waals surface area contributed by atoms with E-state index in [0.29, 0.717) is 6.61 Å². The fourth-order valence-electron chi connectivity index (χ4n) is 3.03. The lowest BCUT2D eigenvalue weighted by Gasteiger charge is -2.11. The molecule has 0 aliphatic carbocycles. The van der Waals surface area contributed by atoms with Gasteiger partial charge in [0, 0.05) is 6.42 Å². The summed E-state index contributed by atoms with van der Waals surface area (Å²) in [6.45, 7) is 2.68. The van der Waals surface area contributed by atoms with Crippen molar-refractivity contribution < 1.29 is 4.74 Å². The molecule has 0 radical (unpaired) electrons. The zero-order valence-corrected chi connectivity index (χ0v) is 13.7. The van der Waals surface area contributed by atoms with Gasteiger partial charge in [0.25, 0.3) is 0 Å². The lowest BCUT2D eigenvalue weighted by atomic mass is 10.0. The highest BCUT2D eigenvalue weighted by Gasteiger charge is 2.16. The van der Waals surface area contributed by atoms with Gasteiger partial charge < -0.3 is 4.74 Å². The highest BCUT2D eigenvalue weighted by Crippen LogP contribution is 2.30. The molecule has 0 fully saturated rings. The van der Waals surface area contributed by atoms with Gasteiger partial charge in [-0.05, 0) is 53.4 Å². The maximum atomic E-state index is 5.96. The summed E-state index contributed by atoms with van der Waals surface area (Å²) >= 11 is 0. The Morgan fingerprint density at radius 1 is 0.917 bits per heavy atom. The molecule has 0 atom stereocenters. The van der Waals surface area contributed by atoms with Crippen molar-refractivity contribution >= 4 is 11.4 Å². The molecule has 3 aromatic carbocycles. The van der Waals surface area contributed by atoms with Crippen molar-refractivity contribution in [2.24, 2.45) is 4.99 Å². The van der Waals surface area contributed by atoms with Crippen LogP contribution in [0.1, 0.15) is 22.3 Å². The molecule has 0 N–H and O–H groups in total. The van der Waals surface area contributed by atoms with Gasteiger partial charge >= 0.3 is 0 Å². The minimum absolute atomic E-state index is 0.591. The van der Waals surface area contributed by atoms with Crippen molar-refractivity contribution in [3.8, 4) is 5.75 Å². The van der Waals surface area contributed by atoms with Crippen molar-refractivity contribution in [3.05, 3.63) is 95.1 Å². The molecular weight excluding hydrogens is 294 g/mol. The highest BCUT2D eigenvalue weighted by atomic mass is 16.5. The van der Waals surface area contributed by atoms with E-state index in [1.807, 2.05) is 24.3 Å². The Hall–Kier alpha value is -2.87. The molecule has 1 heterocycles. The molecule has 4 rings (SSSR count). The maximum Gasteiger partial charge on any atom is 0.122 e. The maximum absolute atomic E-state index is 5.96. The van der Waals surface area contributed by atoms with Crippen LogP contribution in [0.3, 0.4) is 0 Å². The molecule has 0 bridgehead atoms. The van der Waals surface area contributed by atoms with Crippen LogP contribution in [-0.2, 0) is 13.0 Å². The molecule has 118 valence electrons. The predicted octanol–water partition coefficient (Wildman–Crippen LogP) is 5.25. The zero-order valence-electron chi connectivity index (χ0n) is 13.7. The third kappa shape index (κ3) is 2.95. The van der Waals surface area contributed by atoms with E-state index in [4.69, 9.17) is 9.73 Å². The second-order valence-corrected chi connectivity index (χ2v) is 6.12. The second kappa shape index (κ2) is 6.32. The first-order valence-corrected chi connectivity index (χ1v) is 8.23. The number of para-hydroxylation sites is 1. The molecule has 0 unspecified atom stereocenters. The molecule has 0 saturated heterocycles. The summed E-state index contributed by atoms with van der Waals surface area (Å²) in [5.41, 5.74) is 7.02. The Balaban J connectivity index is 1.51. The molecule has 1 aliphatic rings. The Morgan fingerprint density at radius 3 is 2.50 bits per heavy atom. The number of nitrogens with zero attached hydrogens (tertiary/aromatic N) is 1. The minimum atomic E-state index is 0.591. The van der Waals surface area contributed by atoms with Crippen LogP contribution in [0.15, 0.2) is 77.8 Å². The standard InChI is InChI=1S/C22H19NO/c1-16-13-19(21-14-18-9-5-6-10-20(18)23-21)11-12-22(16)24-15-17-7-3-2-4-8-17/h2-13H,14-15H2,1H3. The molecule has 2 heteroatoms. The summed E-state index contributed by atoms with van der Waals surface area (Å²) < 4.78 is 5.96. The lowest BCUT2D eigenvalue weighted by molar-refractivity contribution is 0.304. The summed E-state index contributed by atoms with van der Waals surface area (Å²) in [5.74, 6) is 0.929. The molecule has 3 aromatic rings. The Morgan fingerprint density at radius 2 is 1.71 bits per heavy atom. The smallest absolute Gasteiger partial charge is 0.122 e. The van der Waals surface area contributed by atoms with Crippen molar-refractivity contribution in [3.63, 3.8) is 0 Å². The Labute approximate surface area is 142 Å². The van der Waals surface area contributed by atoms with Crippen LogP contribution >= 0.6 is 0 Å². The summed E-state index contributed by atoms with van der Waals surface area (Å²) in [6, 6.07) is 24.9. The van der Waals surface area contributed by atoms with E-state index in [1.54, 1.807) is 0 Å². The number of hydrogen-bond acceptors (Lipinski definition) is 2. The van der Waals surface area contributed by atoms with Gasteiger partial charge in [-0.1, -0.05) is 48.5 Å². The number of hydrogen-bond donors (Lipinski definition) is 0. The summed E-state index contributed by atoms with van der Waals surface area (Å²) in [4.78, 5) is 4.76. The minimum Gasteiger partial charge on any atom is -0.489 e. The van der Waals surface area contributed by atoms with E-state index in [2.05, 4.69) is 55.5 Å². The quantitative estimate of drug-likeness (QED) is 0.644. The van der Waals surface area contributed by atoms with E-state index in [0.717, 1.165) is 29.1 Å². The van der Waals surface area contributed by atoms with Crippen molar-refractivity contribution in [2.45, 2.75) is 20.0 Å². The topological polar surface area (TPSA) is 21.6 Å². The van der Waals surface area contributed by atoms with Gasteiger partial charge in [-0.3, -0.25) is 4.99 Å². The van der Waals surface area contributed by atoms with Crippen LogP contribution < -0.4 is 4.74 Å². The van der Waals surface area contributed by atoms with E-state index < -0.39 is 0 Å². The number of ether oxygens (including phenoxy) is 1. The molecular formula is C22H19NO. The van der Waals surface area contributed by atoms with Gasteiger partial charge in [0.05, 0.1) is 11.4 Å². The molecule has 0 spiro atoms. The van der Waals surface area contributed by atoms with Crippen molar-refractivity contribution in [1.29, 1.82) is 0 Å². The third-order valence-electron chi connectivity index (χ3n) is 4.35. The summed E-state index contributed by atoms with van der Waals surface area (Å²) in [7, 11) is 0. The summed E-state index contributed by atoms with van der Waals surface area (Å²) in [5, 5.41) is 0. The number of rotatable bonds is 4. The predicted molar refractivity (Wildman–Crippen MR) is 98.3 cm³/mol. The van der Waals surface area contributed by atoms with E-state index >= 15 is 0 Å². The second-order valence-electron chi connectivity index (χ2n) is 6.12. The average Bonchev–Trinajstić information content (AvgIpc) is 3.06. The van der Waals surface area contributed by atoms with Gasteiger partial charge in [0.2, 0.25) is 0 Å². The first-order valence-electron chi connectivity index (χ1n) is 8.23. The van der Waals surface area contributed by atoms with E-state index in [1.165, 1.54) is 16.7 Å². The van der Waals surface area contributed by atoms with Crippen molar-refractivity contribution in [1.82, 2.24) is 0 Å². The number of benzene rings is 3. The first-order chi connectivity index (χ1) is 11.8.